The Bertz CT molecular complexity index is 749. The third-order valence-electron chi connectivity index (χ3n) is 3.59. The van der Waals surface area contributed by atoms with E-state index in [4.69, 9.17) is 5.21 Å². The Kier molecular flexibility index (Phi) is 5.00. The van der Waals surface area contributed by atoms with E-state index in [9.17, 15) is 14.7 Å². The molecular formula is C16H19N3O4. The van der Waals surface area contributed by atoms with Gasteiger partial charge in [-0.25, -0.2) is 4.79 Å². The van der Waals surface area contributed by atoms with Crippen molar-refractivity contribution in [1.82, 2.24) is 10.3 Å². The maximum absolute atomic E-state index is 12.0. The van der Waals surface area contributed by atoms with Crippen LogP contribution in [-0.4, -0.2) is 38.9 Å². The summed E-state index contributed by atoms with van der Waals surface area (Å²) in [5.41, 5.74) is 1.59. The second-order valence-electron chi connectivity index (χ2n) is 5.57. The van der Waals surface area contributed by atoms with Crippen LogP contribution in [-0.2, 0) is 16.0 Å². The average molecular weight is 317 g/mol. The molecule has 2 rings (SSSR count). The number of aliphatic carboxylic acids is 1. The van der Waals surface area contributed by atoms with E-state index in [1.165, 1.54) is 0 Å². The molecule has 0 saturated heterocycles. The molecule has 0 aliphatic heterocycles. The van der Waals surface area contributed by atoms with E-state index in [2.05, 4.69) is 15.5 Å². The van der Waals surface area contributed by atoms with Gasteiger partial charge in [-0.05, 0) is 11.6 Å². The van der Waals surface area contributed by atoms with Crippen molar-refractivity contribution in [2.24, 2.45) is 11.1 Å². The second kappa shape index (κ2) is 6.95. The fraction of sp³-hybridized carbons (Fsp3) is 0.312. The number of carbonyl (C=O) groups is 2. The Morgan fingerprint density at radius 3 is 2.61 bits per heavy atom. The maximum Gasteiger partial charge on any atom is 0.326 e. The van der Waals surface area contributed by atoms with Crippen LogP contribution in [0.3, 0.4) is 0 Å². The van der Waals surface area contributed by atoms with Crippen molar-refractivity contribution in [3.63, 3.8) is 0 Å². The van der Waals surface area contributed by atoms with Gasteiger partial charge in [-0.15, -0.1) is 0 Å². The maximum atomic E-state index is 12.0. The normalized spacial score (nSPS) is 13.3. The van der Waals surface area contributed by atoms with Crippen LogP contribution < -0.4 is 5.32 Å². The van der Waals surface area contributed by atoms with Crippen molar-refractivity contribution >= 4 is 28.5 Å². The highest BCUT2D eigenvalue weighted by Crippen LogP contribution is 2.19. The van der Waals surface area contributed by atoms with Crippen molar-refractivity contribution in [3.05, 3.63) is 36.0 Å². The highest BCUT2D eigenvalue weighted by Gasteiger charge is 2.25. The molecule has 1 heterocycles. The minimum Gasteiger partial charge on any atom is -0.480 e. The molecule has 7 heteroatoms. The zero-order valence-electron chi connectivity index (χ0n) is 12.9. The molecule has 4 N–H and O–H groups in total. The van der Waals surface area contributed by atoms with Gasteiger partial charge in [-0.2, -0.15) is 0 Å². The van der Waals surface area contributed by atoms with Gasteiger partial charge in [0.25, 0.3) is 5.91 Å². The molecule has 1 aromatic heterocycles. The van der Waals surface area contributed by atoms with E-state index in [-0.39, 0.29) is 18.1 Å². The fourth-order valence-electron chi connectivity index (χ4n) is 2.38. The number of aromatic amines is 1. The summed E-state index contributed by atoms with van der Waals surface area (Å²) in [5, 5.41) is 24.5. The summed E-state index contributed by atoms with van der Waals surface area (Å²) in [6, 6.07) is 6.41. The van der Waals surface area contributed by atoms with Gasteiger partial charge in [0.2, 0.25) is 0 Å². The number of para-hydroxylation sites is 1. The number of rotatable bonds is 6. The number of H-pyrrole nitrogens is 1. The van der Waals surface area contributed by atoms with Crippen molar-refractivity contribution < 1.29 is 19.9 Å². The Balaban J connectivity index is 2.20. The van der Waals surface area contributed by atoms with Crippen molar-refractivity contribution in [1.29, 1.82) is 0 Å². The van der Waals surface area contributed by atoms with Gasteiger partial charge in [-0.3, -0.25) is 4.79 Å². The molecule has 122 valence electrons. The van der Waals surface area contributed by atoms with E-state index in [1.54, 1.807) is 20.0 Å². The average Bonchev–Trinajstić information content (AvgIpc) is 2.90. The number of hydrogen-bond acceptors (Lipinski definition) is 4. The number of hydrogen-bond donors (Lipinski definition) is 4. The van der Waals surface area contributed by atoms with Crippen LogP contribution in [0.2, 0.25) is 0 Å². The predicted octanol–water partition coefficient (Wildman–Crippen LogP) is 1.77. The van der Waals surface area contributed by atoms with E-state index in [0.29, 0.717) is 0 Å². The number of benzene rings is 1. The largest absolute Gasteiger partial charge is 0.480 e. The molecule has 0 saturated carbocycles. The number of nitrogens with one attached hydrogen (secondary N) is 2. The summed E-state index contributed by atoms with van der Waals surface area (Å²) in [4.78, 5) is 26.6. The topological polar surface area (TPSA) is 115 Å². The smallest absolute Gasteiger partial charge is 0.326 e. The van der Waals surface area contributed by atoms with Gasteiger partial charge in [0, 0.05) is 29.4 Å². The third-order valence-corrected chi connectivity index (χ3v) is 3.59. The first-order valence-corrected chi connectivity index (χ1v) is 7.24. The van der Waals surface area contributed by atoms with Crippen molar-refractivity contribution in [2.75, 3.05) is 0 Å². The van der Waals surface area contributed by atoms with E-state index in [1.807, 2.05) is 24.3 Å². The van der Waals surface area contributed by atoms with Gasteiger partial charge in [-0.1, -0.05) is 37.2 Å². The molecule has 2 aromatic rings. The zero-order chi connectivity index (χ0) is 17.0. The number of carboxylic acid groups (broad SMARTS) is 1. The van der Waals surface area contributed by atoms with Crippen LogP contribution >= 0.6 is 0 Å². The minimum atomic E-state index is -1.15. The molecule has 7 nitrogen and oxygen atoms in total. The summed E-state index contributed by atoms with van der Waals surface area (Å²) < 4.78 is 0. The molecule has 0 fully saturated rings. The van der Waals surface area contributed by atoms with Gasteiger partial charge in [0.05, 0.1) is 0 Å². The standard InChI is InChI=1S/C16H19N3O4/c1-9(2)14(19-23)15(20)18-13(16(21)22)7-10-8-17-12-6-4-3-5-11(10)12/h3-6,8-9,13,17,23H,7H2,1-2H3,(H,18,20)(H,21,22)/t13-/m0/s1. The predicted molar refractivity (Wildman–Crippen MR) is 85.6 cm³/mol. The number of nitrogens with zero attached hydrogens (tertiary/aromatic N) is 1. The number of amides is 1. The van der Waals surface area contributed by atoms with Gasteiger partial charge in [0.15, 0.2) is 0 Å². The number of carbonyl (C=O) groups excluding carboxylic acids is 1. The minimum absolute atomic E-state index is 0.102. The summed E-state index contributed by atoms with van der Waals surface area (Å²) >= 11 is 0. The Morgan fingerprint density at radius 2 is 2.00 bits per heavy atom. The first-order valence-electron chi connectivity index (χ1n) is 7.24. The van der Waals surface area contributed by atoms with Crippen LogP contribution in [0, 0.1) is 5.92 Å². The molecule has 0 radical (unpaired) electrons. The summed E-state index contributed by atoms with van der Waals surface area (Å²) in [6.07, 6.45) is 1.86. The summed E-state index contributed by atoms with van der Waals surface area (Å²) in [6.45, 7) is 3.37. The highest BCUT2D eigenvalue weighted by atomic mass is 16.4. The first kappa shape index (κ1) is 16.5. The lowest BCUT2D eigenvalue weighted by molar-refractivity contribution is -0.141. The van der Waals surface area contributed by atoms with Crippen molar-refractivity contribution in [2.45, 2.75) is 26.3 Å². The summed E-state index contributed by atoms with van der Waals surface area (Å²) in [7, 11) is 0. The zero-order valence-corrected chi connectivity index (χ0v) is 12.9. The first-order chi connectivity index (χ1) is 10.9. The van der Waals surface area contributed by atoms with Gasteiger partial charge < -0.3 is 20.6 Å². The van der Waals surface area contributed by atoms with Crippen molar-refractivity contribution in [3.8, 4) is 0 Å². The van der Waals surface area contributed by atoms with Gasteiger partial charge in [0.1, 0.15) is 11.8 Å². The molecule has 0 aliphatic carbocycles. The number of oxime groups is 1. The molecule has 0 unspecified atom stereocenters. The number of aromatic nitrogens is 1. The van der Waals surface area contributed by atoms with Gasteiger partial charge >= 0.3 is 5.97 Å². The van der Waals surface area contributed by atoms with Crippen LogP contribution in [0.4, 0.5) is 0 Å². The Hall–Kier alpha value is -2.83. The van der Waals surface area contributed by atoms with Crippen LogP contribution in [0.25, 0.3) is 10.9 Å². The SMILES string of the molecule is CC(C)C(=NO)C(=O)N[C@@H](Cc1c[nH]c2ccccc12)C(=O)O. The van der Waals surface area contributed by atoms with E-state index in [0.717, 1.165) is 16.5 Å². The highest BCUT2D eigenvalue weighted by molar-refractivity contribution is 6.39. The van der Waals surface area contributed by atoms with Crippen LogP contribution in [0.15, 0.2) is 35.6 Å². The van der Waals surface area contributed by atoms with E-state index < -0.39 is 17.9 Å². The molecule has 0 spiro atoms. The molecule has 0 bridgehead atoms. The molecule has 23 heavy (non-hydrogen) atoms. The molecule has 1 atom stereocenters. The lowest BCUT2D eigenvalue weighted by atomic mass is 10.0. The number of fused-ring (bicyclic) bond motifs is 1. The quantitative estimate of drug-likeness (QED) is 0.369. The molecular weight excluding hydrogens is 298 g/mol. The number of carboxylic acids is 1. The lowest BCUT2D eigenvalue weighted by Crippen LogP contribution is -2.46. The Morgan fingerprint density at radius 1 is 1.30 bits per heavy atom. The van der Waals surface area contributed by atoms with Crippen LogP contribution in [0.5, 0.6) is 0 Å². The monoisotopic (exact) mass is 317 g/mol. The second-order valence-corrected chi connectivity index (χ2v) is 5.57. The Labute approximate surface area is 133 Å². The molecule has 0 aliphatic rings. The van der Waals surface area contributed by atoms with Crippen LogP contribution in [0.1, 0.15) is 19.4 Å². The van der Waals surface area contributed by atoms with E-state index >= 15 is 0 Å². The fourth-order valence-corrected chi connectivity index (χ4v) is 2.38. The molecule has 1 amide bonds. The summed E-state index contributed by atoms with van der Waals surface area (Å²) in [5.74, 6) is -2.15. The molecule has 1 aromatic carbocycles. The third kappa shape index (κ3) is 3.68. The lowest BCUT2D eigenvalue weighted by Gasteiger charge is -2.15.